The van der Waals surface area contributed by atoms with E-state index >= 15 is 0 Å². The molecule has 1 rings (SSSR count). The number of ether oxygens (including phenoxy) is 1. The van der Waals surface area contributed by atoms with Crippen LogP contribution in [0.1, 0.15) is 12.5 Å². The van der Waals surface area contributed by atoms with Crippen molar-refractivity contribution in [1.29, 1.82) is 0 Å². The van der Waals surface area contributed by atoms with Gasteiger partial charge < -0.3 is 10.1 Å². The molecule has 0 saturated heterocycles. The number of carbonyl (C=O) groups excluding carboxylic acids is 1. The zero-order chi connectivity index (χ0) is 12.5. The van der Waals surface area contributed by atoms with Crippen LogP contribution in [0.25, 0.3) is 0 Å². The van der Waals surface area contributed by atoms with Crippen molar-refractivity contribution in [2.75, 3.05) is 6.54 Å². The van der Waals surface area contributed by atoms with E-state index in [0.29, 0.717) is 13.2 Å². The SMILES string of the molecule is C=CCNC(C)=CC(=O)OCc1ccccc1. The van der Waals surface area contributed by atoms with E-state index in [4.69, 9.17) is 4.74 Å². The van der Waals surface area contributed by atoms with Crippen LogP contribution in [0, 0.1) is 0 Å². The van der Waals surface area contributed by atoms with Gasteiger partial charge in [0.05, 0.1) is 0 Å². The molecule has 0 spiro atoms. The van der Waals surface area contributed by atoms with E-state index < -0.39 is 0 Å². The second-order valence-electron chi connectivity index (χ2n) is 3.59. The van der Waals surface area contributed by atoms with Gasteiger partial charge in [-0.1, -0.05) is 36.4 Å². The molecule has 0 aliphatic carbocycles. The van der Waals surface area contributed by atoms with Gasteiger partial charge in [-0.15, -0.1) is 6.58 Å². The highest BCUT2D eigenvalue weighted by atomic mass is 16.5. The second kappa shape index (κ2) is 7.28. The van der Waals surface area contributed by atoms with E-state index in [1.807, 2.05) is 37.3 Å². The summed E-state index contributed by atoms with van der Waals surface area (Å²) in [4.78, 5) is 11.4. The molecule has 0 amide bonds. The number of allylic oxidation sites excluding steroid dienone is 1. The summed E-state index contributed by atoms with van der Waals surface area (Å²) >= 11 is 0. The molecule has 1 aromatic rings. The fraction of sp³-hybridized carbons (Fsp3) is 0.214. The highest BCUT2D eigenvalue weighted by Crippen LogP contribution is 2.01. The van der Waals surface area contributed by atoms with Crippen molar-refractivity contribution in [3.05, 3.63) is 60.3 Å². The molecule has 17 heavy (non-hydrogen) atoms. The summed E-state index contributed by atoms with van der Waals surface area (Å²) in [5, 5.41) is 3.00. The molecular weight excluding hydrogens is 214 g/mol. The summed E-state index contributed by atoms with van der Waals surface area (Å²) in [7, 11) is 0. The third-order valence-corrected chi connectivity index (χ3v) is 2.08. The van der Waals surface area contributed by atoms with Gasteiger partial charge in [0.25, 0.3) is 0 Å². The zero-order valence-electron chi connectivity index (χ0n) is 9.98. The lowest BCUT2D eigenvalue weighted by Crippen LogP contribution is -2.12. The van der Waals surface area contributed by atoms with Gasteiger partial charge in [0.2, 0.25) is 0 Å². The molecule has 3 heteroatoms. The Bertz CT molecular complexity index is 396. The van der Waals surface area contributed by atoms with Gasteiger partial charge in [0.1, 0.15) is 6.61 Å². The second-order valence-corrected chi connectivity index (χ2v) is 3.59. The number of carbonyl (C=O) groups is 1. The van der Waals surface area contributed by atoms with Crippen molar-refractivity contribution in [2.24, 2.45) is 0 Å². The van der Waals surface area contributed by atoms with E-state index in [1.165, 1.54) is 6.08 Å². The monoisotopic (exact) mass is 231 g/mol. The zero-order valence-corrected chi connectivity index (χ0v) is 9.98. The van der Waals surface area contributed by atoms with Crippen LogP contribution in [0.4, 0.5) is 0 Å². The first-order chi connectivity index (χ1) is 8.22. The first-order valence-corrected chi connectivity index (χ1v) is 5.46. The van der Waals surface area contributed by atoms with Gasteiger partial charge in [-0.3, -0.25) is 0 Å². The van der Waals surface area contributed by atoms with Crippen molar-refractivity contribution in [3.63, 3.8) is 0 Å². The van der Waals surface area contributed by atoms with Crippen molar-refractivity contribution in [2.45, 2.75) is 13.5 Å². The summed E-state index contributed by atoms with van der Waals surface area (Å²) < 4.78 is 5.10. The Morgan fingerprint density at radius 3 is 2.76 bits per heavy atom. The maximum absolute atomic E-state index is 11.4. The van der Waals surface area contributed by atoms with Crippen molar-refractivity contribution in [1.82, 2.24) is 5.32 Å². The molecule has 90 valence electrons. The quantitative estimate of drug-likeness (QED) is 0.464. The molecule has 0 saturated carbocycles. The molecule has 0 aliphatic rings. The maximum atomic E-state index is 11.4. The molecule has 0 aromatic heterocycles. The van der Waals surface area contributed by atoms with Crippen LogP contribution in [0.3, 0.4) is 0 Å². The lowest BCUT2D eigenvalue weighted by Gasteiger charge is -2.04. The molecule has 0 radical (unpaired) electrons. The minimum absolute atomic E-state index is 0.297. The maximum Gasteiger partial charge on any atom is 0.332 e. The first-order valence-electron chi connectivity index (χ1n) is 5.46. The van der Waals surface area contributed by atoms with Crippen LogP contribution in [0.5, 0.6) is 0 Å². The Morgan fingerprint density at radius 2 is 2.12 bits per heavy atom. The molecule has 0 heterocycles. The minimum Gasteiger partial charge on any atom is -0.458 e. The van der Waals surface area contributed by atoms with Crippen LogP contribution in [0.2, 0.25) is 0 Å². The number of nitrogens with one attached hydrogen (secondary N) is 1. The number of hydrogen-bond acceptors (Lipinski definition) is 3. The highest BCUT2D eigenvalue weighted by molar-refractivity contribution is 5.82. The molecule has 0 atom stereocenters. The van der Waals surface area contributed by atoms with Gasteiger partial charge in [-0.2, -0.15) is 0 Å². The number of benzene rings is 1. The molecule has 0 bridgehead atoms. The lowest BCUT2D eigenvalue weighted by molar-refractivity contribution is -0.139. The van der Waals surface area contributed by atoms with Crippen molar-refractivity contribution >= 4 is 5.97 Å². The van der Waals surface area contributed by atoms with Crippen LogP contribution in [-0.4, -0.2) is 12.5 Å². The van der Waals surface area contributed by atoms with Gasteiger partial charge >= 0.3 is 5.97 Å². The molecule has 0 fully saturated rings. The van der Waals surface area contributed by atoms with Crippen LogP contribution < -0.4 is 5.32 Å². The number of esters is 1. The number of rotatable bonds is 6. The van der Waals surface area contributed by atoms with E-state index in [9.17, 15) is 4.79 Å². The Labute approximate surface area is 102 Å². The van der Waals surface area contributed by atoms with Gasteiger partial charge in [-0.05, 0) is 12.5 Å². The molecule has 0 aliphatic heterocycles. The fourth-order valence-corrected chi connectivity index (χ4v) is 1.23. The van der Waals surface area contributed by atoms with Crippen LogP contribution in [-0.2, 0) is 16.1 Å². The molecular formula is C14H17NO2. The standard InChI is InChI=1S/C14H17NO2/c1-3-9-15-12(2)10-14(16)17-11-13-7-5-4-6-8-13/h3-8,10,15H,1,9,11H2,2H3. The average molecular weight is 231 g/mol. The van der Waals surface area contributed by atoms with E-state index in [0.717, 1.165) is 11.3 Å². The molecule has 0 unspecified atom stereocenters. The fourth-order valence-electron chi connectivity index (χ4n) is 1.23. The third kappa shape index (κ3) is 5.56. The van der Waals surface area contributed by atoms with E-state index in [1.54, 1.807) is 6.08 Å². The predicted molar refractivity (Wildman–Crippen MR) is 68.2 cm³/mol. The predicted octanol–water partition coefficient (Wildman–Crippen LogP) is 2.41. The Kier molecular flexibility index (Phi) is 5.58. The third-order valence-electron chi connectivity index (χ3n) is 2.08. The molecule has 3 nitrogen and oxygen atoms in total. The van der Waals surface area contributed by atoms with Gasteiger partial charge in [-0.25, -0.2) is 4.79 Å². The summed E-state index contributed by atoms with van der Waals surface area (Å²) in [6, 6.07) is 9.58. The van der Waals surface area contributed by atoms with Crippen LogP contribution >= 0.6 is 0 Å². The smallest absolute Gasteiger partial charge is 0.332 e. The summed E-state index contributed by atoms with van der Waals surface area (Å²) in [5.41, 5.74) is 1.74. The minimum atomic E-state index is -0.345. The lowest BCUT2D eigenvalue weighted by atomic mass is 10.2. The Morgan fingerprint density at radius 1 is 1.41 bits per heavy atom. The van der Waals surface area contributed by atoms with E-state index in [-0.39, 0.29) is 5.97 Å². The summed E-state index contributed by atoms with van der Waals surface area (Å²) in [5.74, 6) is -0.345. The Hall–Kier alpha value is -2.03. The van der Waals surface area contributed by atoms with Crippen molar-refractivity contribution < 1.29 is 9.53 Å². The number of hydrogen-bond donors (Lipinski definition) is 1. The first kappa shape index (κ1) is 13.0. The van der Waals surface area contributed by atoms with Crippen LogP contribution in [0.15, 0.2) is 54.8 Å². The molecule has 1 N–H and O–H groups in total. The largest absolute Gasteiger partial charge is 0.458 e. The highest BCUT2D eigenvalue weighted by Gasteiger charge is 1.99. The molecule has 1 aromatic carbocycles. The van der Waals surface area contributed by atoms with Crippen molar-refractivity contribution in [3.8, 4) is 0 Å². The van der Waals surface area contributed by atoms with Gasteiger partial charge in [0.15, 0.2) is 0 Å². The Balaban J connectivity index is 2.37. The summed E-state index contributed by atoms with van der Waals surface area (Å²) in [6.45, 7) is 6.32. The topological polar surface area (TPSA) is 38.3 Å². The van der Waals surface area contributed by atoms with E-state index in [2.05, 4.69) is 11.9 Å². The van der Waals surface area contributed by atoms with Gasteiger partial charge in [0, 0.05) is 18.3 Å². The average Bonchev–Trinajstić information content (AvgIpc) is 2.35. The summed E-state index contributed by atoms with van der Waals surface area (Å²) in [6.07, 6.45) is 3.17. The normalized spacial score (nSPS) is 10.8.